The van der Waals surface area contributed by atoms with E-state index in [-0.39, 0.29) is 45.8 Å². The number of ether oxygens (including phenoxy) is 4. The number of aryl methyl sites for hydroxylation is 3. The number of methoxy groups -OCH3 is 1. The Morgan fingerprint density at radius 2 is 0.964 bits per heavy atom. The number of carbonyl (C=O) groups is 3. The van der Waals surface area contributed by atoms with Crippen LogP contribution in [-0.2, 0) is 47.5 Å². The van der Waals surface area contributed by atoms with Crippen LogP contribution in [0, 0.1) is 20.8 Å². The van der Waals surface area contributed by atoms with Gasteiger partial charge in [0.1, 0.15) is 36.1 Å². The third-order valence-corrected chi connectivity index (χ3v) is 15.3. The van der Waals surface area contributed by atoms with E-state index in [9.17, 15) is 31.2 Å². The van der Waals surface area contributed by atoms with Crippen molar-refractivity contribution in [3.05, 3.63) is 234 Å². The summed E-state index contributed by atoms with van der Waals surface area (Å²) in [5.41, 5.74) is 7.27. The van der Waals surface area contributed by atoms with E-state index < -0.39 is 44.6 Å². The molecule has 3 N–H and O–H groups in total. The maximum atomic E-state index is 12.7. The topological polar surface area (TPSA) is 265 Å². The summed E-state index contributed by atoms with van der Waals surface area (Å²) in [5, 5.41) is 12.1. The normalized spacial score (nSPS) is 11.1. The summed E-state index contributed by atoms with van der Waals surface area (Å²) in [6.45, 7) is 4.99. The molecule has 424 valence electrons. The number of hydrogen-bond donors (Lipinski definition) is 3. The molecular formula is C63H53N7O12S2. The van der Waals surface area contributed by atoms with Crippen molar-refractivity contribution < 1.29 is 55.3 Å². The number of para-hydroxylation sites is 2. The number of carboxylic acids is 1. The Morgan fingerprint density at radius 1 is 0.488 bits per heavy atom. The predicted molar refractivity (Wildman–Crippen MR) is 318 cm³/mol. The van der Waals surface area contributed by atoms with Crippen molar-refractivity contribution in [2.75, 3.05) is 23.2 Å². The van der Waals surface area contributed by atoms with Crippen molar-refractivity contribution in [1.82, 2.24) is 24.9 Å². The Morgan fingerprint density at radius 3 is 1.50 bits per heavy atom. The fourth-order valence-corrected chi connectivity index (χ4v) is 10.4. The van der Waals surface area contributed by atoms with Gasteiger partial charge in [0.25, 0.3) is 20.0 Å². The number of esters is 2. The van der Waals surface area contributed by atoms with Gasteiger partial charge in [-0.05, 0) is 106 Å². The summed E-state index contributed by atoms with van der Waals surface area (Å²) in [6.07, 6.45) is 1.62. The maximum absolute atomic E-state index is 12.7. The van der Waals surface area contributed by atoms with Gasteiger partial charge >= 0.3 is 17.9 Å². The average molecular weight is 1160 g/mol. The Bertz CT molecular complexity index is 4360. The second kappa shape index (κ2) is 26.0. The minimum atomic E-state index is -3.84. The number of carbonyl (C=O) groups excluding carboxylic acids is 2. The lowest BCUT2D eigenvalue weighted by Gasteiger charge is -2.13. The number of nitrogens with one attached hydrogen (secondary N) is 2. The monoisotopic (exact) mass is 1160 g/mol. The van der Waals surface area contributed by atoms with Crippen LogP contribution in [0.25, 0.3) is 43.6 Å². The summed E-state index contributed by atoms with van der Waals surface area (Å²) in [4.78, 5) is 57.7. The van der Waals surface area contributed by atoms with Gasteiger partial charge in [0, 0.05) is 45.6 Å². The molecule has 0 aliphatic rings. The zero-order valence-corrected chi connectivity index (χ0v) is 47.2. The largest absolute Gasteiger partial charge is 0.497 e. The molecule has 0 aliphatic carbocycles. The first-order valence-electron chi connectivity index (χ1n) is 25.8. The Hall–Kier alpha value is -10.4. The van der Waals surface area contributed by atoms with Crippen molar-refractivity contribution in [2.45, 2.75) is 43.8 Å². The molecule has 0 bridgehead atoms. The fraction of sp³-hybridized carbons (Fsp3) is 0.111. The minimum Gasteiger partial charge on any atom is -0.497 e. The molecule has 11 rings (SSSR count). The predicted octanol–water partition coefficient (Wildman–Crippen LogP) is 11.4. The molecule has 11 aromatic rings. The molecule has 0 fully saturated rings. The first-order valence-corrected chi connectivity index (χ1v) is 28.7. The summed E-state index contributed by atoms with van der Waals surface area (Å²) in [6, 6.07) is 54.1. The molecule has 0 radical (unpaired) electrons. The van der Waals surface area contributed by atoms with Crippen molar-refractivity contribution in [1.29, 1.82) is 0 Å². The van der Waals surface area contributed by atoms with E-state index >= 15 is 0 Å². The summed E-state index contributed by atoms with van der Waals surface area (Å²) in [7, 11) is -6.00. The number of rotatable bonds is 16. The van der Waals surface area contributed by atoms with Crippen LogP contribution >= 0.6 is 0 Å². The number of aromatic nitrogens is 5. The lowest BCUT2D eigenvalue weighted by Crippen LogP contribution is -2.14. The van der Waals surface area contributed by atoms with E-state index in [1.54, 1.807) is 110 Å². The van der Waals surface area contributed by atoms with Gasteiger partial charge in [-0.15, -0.1) is 0 Å². The zero-order valence-electron chi connectivity index (χ0n) is 45.6. The average Bonchev–Trinajstić information content (AvgIpc) is 3.04. The Balaban J connectivity index is 0.000000154. The first-order chi connectivity index (χ1) is 40.4. The number of nitrogens with zero attached hydrogens (tertiary/aromatic N) is 5. The van der Waals surface area contributed by atoms with Gasteiger partial charge in [-0.25, -0.2) is 41.2 Å². The Kier molecular flexibility index (Phi) is 18.1. The molecule has 21 heteroatoms. The van der Waals surface area contributed by atoms with Gasteiger partial charge in [-0.3, -0.25) is 24.4 Å². The molecule has 0 saturated carbocycles. The molecule has 0 amide bonds. The second-order valence-corrected chi connectivity index (χ2v) is 22.2. The van der Waals surface area contributed by atoms with Gasteiger partial charge in [-0.2, -0.15) is 0 Å². The molecule has 19 nitrogen and oxygen atoms in total. The highest BCUT2D eigenvalue weighted by Crippen LogP contribution is 2.32. The third kappa shape index (κ3) is 14.9. The molecule has 5 aromatic heterocycles. The lowest BCUT2D eigenvalue weighted by atomic mass is 10.1. The second-order valence-electron chi connectivity index (χ2n) is 18.8. The van der Waals surface area contributed by atoms with Crippen molar-refractivity contribution in [3.63, 3.8) is 0 Å². The number of anilines is 2. The van der Waals surface area contributed by atoms with E-state index in [0.717, 1.165) is 44.0 Å². The zero-order chi connectivity index (χ0) is 59.4. The number of pyridine rings is 5. The van der Waals surface area contributed by atoms with Crippen LogP contribution in [0.15, 0.2) is 204 Å². The number of fused-ring (bicyclic) bond motifs is 4. The minimum absolute atomic E-state index is 0.0264. The van der Waals surface area contributed by atoms with Crippen LogP contribution in [0.4, 0.5) is 11.4 Å². The van der Waals surface area contributed by atoms with Crippen LogP contribution in [0.3, 0.4) is 0 Å². The molecule has 84 heavy (non-hydrogen) atoms. The fourth-order valence-electron chi connectivity index (χ4n) is 8.29. The van der Waals surface area contributed by atoms with Crippen molar-refractivity contribution in [2.24, 2.45) is 0 Å². The quantitative estimate of drug-likeness (QED) is 0.0759. The standard InChI is InChI=1S/C27H19N3O4.C19H18N2O5S.C17H16N2O3S/c31-26(24-14-12-18-6-1-3-10-22(18)29-24)33-16-20-8-5-9-21(28-20)17-34-27(32)25-15-13-19-7-2-4-11-23(19)30-25;1-12-3-7-16(8-4-12)27(24,25)21-17-10-15(26-11-18(22)23)9-14-6-5-13(2)20-19(14)17;1-12-5-7-15(8-6-12)23(20,21)19-16-11-14(22-2)10-13-4-3-9-18-17(13)16/h1-15H,16-17H2;3-10,21H,11H2,1-2H3,(H,22,23);3-11,19H,1-2H3. The lowest BCUT2D eigenvalue weighted by molar-refractivity contribution is -0.139. The van der Waals surface area contributed by atoms with E-state index in [1.165, 1.54) is 25.3 Å². The SMILES string of the molecule is COc1cc(NS(=O)(=O)c2ccc(C)cc2)c2ncccc2c1.Cc1ccc(S(=O)(=O)Nc2cc(OCC(=O)O)cc3ccc(C)nc23)cc1.O=C(OCc1cccc(COC(=O)c2ccc3ccccc3n2)n1)c1ccc2ccccc2n1. The number of carboxylic acid groups (broad SMARTS) is 1. The van der Waals surface area contributed by atoms with Crippen LogP contribution in [0.2, 0.25) is 0 Å². The summed E-state index contributed by atoms with van der Waals surface area (Å²) < 4.78 is 77.0. The van der Waals surface area contributed by atoms with Gasteiger partial charge in [0.15, 0.2) is 6.61 Å². The number of benzene rings is 6. The highest BCUT2D eigenvalue weighted by atomic mass is 32.2. The number of hydrogen-bond acceptors (Lipinski definition) is 16. The summed E-state index contributed by atoms with van der Waals surface area (Å²) in [5.74, 6) is -1.40. The Labute approximate surface area is 483 Å². The van der Waals surface area contributed by atoms with Crippen LogP contribution in [-0.4, -0.2) is 78.5 Å². The van der Waals surface area contributed by atoms with Crippen LogP contribution < -0.4 is 18.9 Å². The van der Waals surface area contributed by atoms with Gasteiger partial charge in [0.05, 0.1) is 61.7 Å². The molecular weight excluding hydrogens is 1110 g/mol. The van der Waals surface area contributed by atoms with Gasteiger partial charge < -0.3 is 24.1 Å². The number of aliphatic carboxylic acids is 1. The van der Waals surface area contributed by atoms with Crippen LogP contribution in [0.1, 0.15) is 49.2 Å². The third-order valence-electron chi connectivity index (χ3n) is 12.5. The molecule has 0 unspecified atom stereocenters. The smallest absolute Gasteiger partial charge is 0.357 e. The van der Waals surface area contributed by atoms with E-state index in [4.69, 9.17) is 24.1 Å². The van der Waals surface area contributed by atoms with E-state index in [2.05, 4.69) is 34.4 Å². The molecule has 0 saturated heterocycles. The maximum Gasteiger partial charge on any atom is 0.357 e. The number of sulfonamides is 2. The van der Waals surface area contributed by atoms with Gasteiger partial charge in [-0.1, -0.05) is 102 Å². The van der Waals surface area contributed by atoms with E-state index in [1.807, 2.05) is 86.6 Å². The molecule has 0 spiro atoms. The summed E-state index contributed by atoms with van der Waals surface area (Å²) >= 11 is 0. The highest BCUT2D eigenvalue weighted by Gasteiger charge is 2.20. The first kappa shape index (κ1) is 58.3. The van der Waals surface area contributed by atoms with Gasteiger partial charge in [0.2, 0.25) is 0 Å². The van der Waals surface area contributed by atoms with Crippen molar-refractivity contribution in [3.8, 4) is 11.5 Å². The van der Waals surface area contributed by atoms with E-state index in [0.29, 0.717) is 39.2 Å². The molecule has 0 atom stereocenters. The molecule has 6 aromatic carbocycles. The van der Waals surface area contributed by atoms with Crippen molar-refractivity contribution >= 4 is 92.9 Å². The van der Waals surface area contributed by atoms with Crippen LogP contribution in [0.5, 0.6) is 11.5 Å². The molecule has 5 heterocycles. The highest BCUT2D eigenvalue weighted by molar-refractivity contribution is 7.93. The molecule has 0 aliphatic heterocycles.